The molecular formula is C18H23N3O4. The molecule has 2 heterocycles. The number of amides is 3. The fraction of sp³-hybridized carbons (Fsp3) is 0.500. The molecule has 1 aromatic carbocycles. The summed E-state index contributed by atoms with van der Waals surface area (Å²) in [6.45, 7) is 1.63. The number of methoxy groups -OCH3 is 1. The molecule has 3 amide bonds. The summed E-state index contributed by atoms with van der Waals surface area (Å²) in [6.07, 6.45) is 2.81. The van der Waals surface area contributed by atoms with E-state index in [1.165, 1.54) is 0 Å². The van der Waals surface area contributed by atoms with Crippen LogP contribution < -0.4 is 10.2 Å². The maximum absolute atomic E-state index is 12.0. The lowest BCUT2D eigenvalue weighted by Gasteiger charge is -2.33. The normalized spacial score (nSPS) is 20.9. The maximum Gasteiger partial charge on any atom is 0.244 e. The van der Waals surface area contributed by atoms with Crippen LogP contribution in [0.25, 0.3) is 0 Å². The largest absolute Gasteiger partial charge is 0.380 e. The van der Waals surface area contributed by atoms with Crippen LogP contribution in [0, 0.1) is 0 Å². The predicted molar refractivity (Wildman–Crippen MR) is 93.3 cm³/mol. The zero-order valence-corrected chi connectivity index (χ0v) is 14.4. The molecule has 2 aliphatic heterocycles. The van der Waals surface area contributed by atoms with Crippen LogP contribution in [-0.4, -0.2) is 55.5 Å². The summed E-state index contributed by atoms with van der Waals surface area (Å²) < 4.78 is 5.44. The Morgan fingerprint density at radius 2 is 1.88 bits per heavy atom. The Morgan fingerprint density at radius 1 is 1.20 bits per heavy atom. The fourth-order valence-corrected chi connectivity index (χ4v) is 3.26. The number of nitrogens with one attached hydrogen (secondary N) is 1. The van der Waals surface area contributed by atoms with E-state index in [0.717, 1.165) is 36.5 Å². The molecule has 0 bridgehead atoms. The molecule has 1 N–H and O–H groups in total. The molecular weight excluding hydrogens is 322 g/mol. The van der Waals surface area contributed by atoms with Gasteiger partial charge in [0.1, 0.15) is 6.54 Å². The van der Waals surface area contributed by atoms with Crippen LogP contribution in [-0.2, 0) is 19.1 Å². The van der Waals surface area contributed by atoms with E-state index < -0.39 is 0 Å². The minimum atomic E-state index is -0.367. The molecule has 1 aromatic rings. The number of anilines is 2. The number of nitrogens with zero attached hydrogens (tertiary/aromatic N) is 2. The van der Waals surface area contributed by atoms with Gasteiger partial charge in [0.15, 0.2) is 0 Å². The summed E-state index contributed by atoms with van der Waals surface area (Å²) >= 11 is 0. The Balaban J connectivity index is 1.56. The van der Waals surface area contributed by atoms with Crippen LogP contribution in [0.4, 0.5) is 11.4 Å². The molecule has 134 valence electrons. The minimum absolute atomic E-state index is 0.194. The molecule has 25 heavy (non-hydrogen) atoms. The van der Waals surface area contributed by atoms with E-state index >= 15 is 0 Å². The first-order valence-electron chi connectivity index (χ1n) is 8.57. The lowest BCUT2D eigenvalue weighted by atomic mass is 10.1. The average molecular weight is 345 g/mol. The highest BCUT2D eigenvalue weighted by molar-refractivity contribution is 6.06. The number of imide groups is 1. The Morgan fingerprint density at radius 3 is 2.52 bits per heavy atom. The minimum Gasteiger partial charge on any atom is -0.380 e. The van der Waals surface area contributed by atoms with E-state index in [4.69, 9.17) is 4.74 Å². The molecule has 3 rings (SSSR count). The number of likely N-dealkylation sites (tertiary alicyclic amines) is 1. The van der Waals surface area contributed by atoms with E-state index in [-0.39, 0.29) is 43.2 Å². The third-order valence-corrected chi connectivity index (χ3v) is 4.68. The van der Waals surface area contributed by atoms with E-state index in [2.05, 4.69) is 10.2 Å². The molecule has 7 heteroatoms. The molecule has 0 unspecified atom stereocenters. The van der Waals surface area contributed by atoms with Gasteiger partial charge >= 0.3 is 0 Å². The zero-order valence-electron chi connectivity index (χ0n) is 14.4. The Labute approximate surface area is 146 Å². The van der Waals surface area contributed by atoms with Gasteiger partial charge in [-0.05, 0) is 37.1 Å². The molecule has 0 aromatic heterocycles. The van der Waals surface area contributed by atoms with Gasteiger partial charge in [-0.2, -0.15) is 0 Å². The second-order valence-electron chi connectivity index (χ2n) is 6.41. The predicted octanol–water partition coefficient (Wildman–Crippen LogP) is 1.39. The number of hydrogen-bond donors (Lipinski definition) is 1. The highest BCUT2D eigenvalue weighted by Gasteiger charge is 2.30. The van der Waals surface area contributed by atoms with Gasteiger partial charge in [-0.25, -0.2) is 0 Å². The van der Waals surface area contributed by atoms with E-state index in [1.54, 1.807) is 7.11 Å². The molecule has 0 radical (unpaired) electrons. The van der Waals surface area contributed by atoms with Crippen LogP contribution in [0.15, 0.2) is 24.3 Å². The molecule has 1 atom stereocenters. The van der Waals surface area contributed by atoms with Crippen molar-refractivity contribution in [2.24, 2.45) is 0 Å². The van der Waals surface area contributed by atoms with Gasteiger partial charge in [-0.3, -0.25) is 19.3 Å². The first kappa shape index (κ1) is 17.4. The molecule has 0 spiro atoms. The summed E-state index contributed by atoms with van der Waals surface area (Å²) in [6, 6.07) is 7.58. The first-order chi connectivity index (χ1) is 12.1. The van der Waals surface area contributed by atoms with Crippen molar-refractivity contribution in [1.82, 2.24) is 4.90 Å². The summed E-state index contributed by atoms with van der Waals surface area (Å²) in [7, 11) is 1.74. The Kier molecular flexibility index (Phi) is 5.33. The number of carbonyl (C=O) groups is 3. The van der Waals surface area contributed by atoms with E-state index in [9.17, 15) is 14.4 Å². The number of piperidine rings is 1. The quantitative estimate of drug-likeness (QED) is 0.816. The van der Waals surface area contributed by atoms with Crippen molar-refractivity contribution in [1.29, 1.82) is 0 Å². The SMILES string of the molecule is CO[C@H]1CCCN(c2ccc(NC(=O)CN3C(=O)CCC3=O)cc2)C1. The summed E-state index contributed by atoms with van der Waals surface area (Å²) in [5.74, 6) is -0.935. The lowest BCUT2D eigenvalue weighted by molar-refractivity contribution is -0.141. The van der Waals surface area contributed by atoms with Crippen molar-refractivity contribution in [3.63, 3.8) is 0 Å². The second-order valence-corrected chi connectivity index (χ2v) is 6.41. The van der Waals surface area contributed by atoms with Crippen LogP contribution >= 0.6 is 0 Å². The zero-order chi connectivity index (χ0) is 17.8. The van der Waals surface area contributed by atoms with Gasteiger partial charge in [0.25, 0.3) is 0 Å². The molecule has 0 saturated carbocycles. The van der Waals surface area contributed by atoms with Gasteiger partial charge in [-0.15, -0.1) is 0 Å². The lowest BCUT2D eigenvalue weighted by Crippen LogP contribution is -2.39. The van der Waals surface area contributed by atoms with Crippen LogP contribution in [0.5, 0.6) is 0 Å². The molecule has 2 saturated heterocycles. The number of ether oxygens (including phenoxy) is 1. The molecule has 7 nitrogen and oxygen atoms in total. The standard InChI is InChI=1S/C18H23N3O4/c1-25-15-3-2-10-20(11-15)14-6-4-13(5-7-14)19-16(22)12-21-17(23)8-9-18(21)24/h4-7,15H,2-3,8-12H2,1H3,(H,19,22)/t15-/m0/s1. The van der Waals surface area contributed by atoms with Crippen LogP contribution in [0.3, 0.4) is 0 Å². The third kappa shape index (κ3) is 4.17. The smallest absolute Gasteiger partial charge is 0.244 e. The van der Waals surface area contributed by atoms with Crippen molar-refractivity contribution in [2.45, 2.75) is 31.8 Å². The van der Waals surface area contributed by atoms with E-state index in [1.807, 2.05) is 24.3 Å². The van der Waals surface area contributed by atoms with Gasteiger partial charge in [0.05, 0.1) is 6.10 Å². The highest BCUT2D eigenvalue weighted by Crippen LogP contribution is 2.23. The van der Waals surface area contributed by atoms with Gasteiger partial charge in [0, 0.05) is 44.4 Å². The fourth-order valence-electron chi connectivity index (χ4n) is 3.26. The van der Waals surface area contributed by atoms with E-state index in [0.29, 0.717) is 5.69 Å². The molecule has 0 aliphatic carbocycles. The monoisotopic (exact) mass is 345 g/mol. The number of hydrogen-bond acceptors (Lipinski definition) is 5. The van der Waals surface area contributed by atoms with Crippen molar-refractivity contribution in [3.8, 4) is 0 Å². The van der Waals surface area contributed by atoms with Crippen molar-refractivity contribution in [3.05, 3.63) is 24.3 Å². The maximum atomic E-state index is 12.0. The van der Waals surface area contributed by atoms with Gasteiger partial charge < -0.3 is 15.0 Å². The highest BCUT2D eigenvalue weighted by atomic mass is 16.5. The van der Waals surface area contributed by atoms with Crippen molar-refractivity contribution < 1.29 is 19.1 Å². The second kappa shape index (κ2) is 7.65. The number of rotatable bonds is 5. The van der Waals surface area contributed by atoms with Gasteiger partial charge in [-0.1, -0.05) is 0 Å². The van der Waals surface area contributed by atoms with Crippen LogP contribution in [0.2, 0.25) is 0 Å². The topological polar surface area (TPSA) is 79.0 Å². The summed E-state index contributed by atoms with van der Waals surface area (Å²) in [4.78, 5) is 38.4. The summed E-state index contributed by atoms with van der Waals surface area (Å²) in [5.41, 5.74) is 1.73. The molecule has 2 fully saturated rings. The number of carbonyl (C=O) groups excluding carboxylic acids is 3. The number of benzene rings is 1. The Bertz CT molecular complexity index is 643. The average Bonchev–Trinajstić information content (AvgIpc) is 2.94. The van der Waals surface area contributed by atoms with Crippen LogP contribution in [0.1, 0.15) is 25.7 Å². The van der Waals surface area contributed by atoms with Crippen molar-refractivity contribution in [2.75, 3.05) is 37.0 Å². The Hall–Kier alpha value is -2.41. The summed E-state index contributed by atoms with van der Waals surface area (Å²) in [5, 5.41) is 2.73. The third-order valence-electron chi connectivity index (χ3n) is 4.68. The molecule has 2 aliphatic rings. The van der Waals surface area contributed by atoms with Crippen molar-refractivity contribution >= 4 is 29.1 Å². The first-order valence-corrected chi connectivity index (χ1v) is 8.57. The van der Waals surface area contributed by atoms with Gasteiger partial charge in [0.2, 0.25) is 17.7 Å².